The molecular formula is C17H33NO. The zero-order valence-electron chi connectivity index (χ0n) is 13.3. The van der Waals surface area contributed by atoms with Crippen LogP contribution < -0.4 is 0 Å². The molecule has 0 aromatic rings. The lowest BCUT2D eigenvalue weighted by atomic mass is 9.84. The van der Waals surface area contributed by atoms with E-state index in [4.69, 9.17) is 4.74 Å². The van der Waals surface area contributed by atoms with Crippen molar-refractivity contribution in [2.24, 2.45) is 5.92 Å². The summed E-state index contributed by atoms with van der Waals surface area (Å²) >= 11 is 0. The molecule has 0 unspecified atom stereocenters. The molecule has 2 heterocycles. The summed E-state index contributed by atoms with van der Waals surface area (Å²) in [6.45, 7) is 10.4. The van der Waals surface area contributed by atoms with Gasteiger partial charge in [0.1, 0.15) is 0 Å². The van der Waals surface area contributed by atoms with Gasteiger partial charge in [-0.2, -0.15) is 0 Å². The van der Waals surface area contributed by atoms with Crippen molar-refractivity contribution in [1.29, 1.82) is 0 Å². The third-order valence-corrected chi connectivity index (χ3v) is 5.05. The fourth-order valence-electron chi connectivity index (χ4n) is 3.78. The molecule has 2 aliphatic heterocycles. The van der Waals surface area contributed by atoms with Crippen LogP contribution in [-0.2, 0) is 4.74 Å². The summed E-state index contributed by atoms with van der Waals surface area (Å²) < 4.78 is 6.29. The minimum absolute atomic E-state index is 0.0763. The third-order valence-electron chi connectivity index (χ3n) is 5.05. The normalized spacial score (nSPS) is 29.2. The summed E-state index contributed by atoms with van der Waals surface area (Å²) in [4.78, 5) is 2.74. The highest BCUT2D eigenvalue weighted by Crippen LogP contribution is 2.32. The molecule has 2 aliphatic rings. The maximum Gasteiger partial charge on any atom is 0.0626 e. The minimum Gasteiger partial charge on any atom is -0.375 e. The van der Waals surface area contributed by atoms with Crippen LogP contribution in [-0.4, -0.2) is 36.2 Å². The van der Waals surface area contributed by atoms with Crippen molar-refractivity contribution in [2.45, 2.75) is 83.8 Å². The number of rotatable bonds is 6. The topological polar surface area (TPSA) is 12.5 Å². The Hall–Kier alpha value is -0.0800. The first-order valence-corrected chi connectivity index (χ1v) is 8.50. The van der Waals surface area contributed by atoms with Crippen molar-refractivity contribution in [2.75, 3.05) is 19.7 Å². The van der Waals surface area contributed by atoms with Crippen LogP contribution in [0, 0.1) is 5.92 Å². The SMILES string of the molecule is CCCCC(C)(C)OC[C@@H]1CCCN2CCCC[C@H]12. The first-order chi connectivity index (χ1) is 9.12. The fraction of sp³-hybridized carbons (Fsp3) is 1.00. The van der Waals surface area contributed by atoms with Gasteiger partial charge in [-0.05, 0) is 65.0 Å². The Morgan fingerprint density at radius 2 is 1.89 bits per heavy atom. The van der Waals surface area contributed by atoms with E-state index >= 15 is 0 Å². The molecule has 2 rings (SSSR count). The maximum atomic E-state index is 6.29. The molecule has 0 bridgehead atoms. The monoisotopic (exact) mass is 267 g/mol. The second-order valence-corrected chi connectivity index (χ2v) is 7.18. The predicted octanol–water partition coefficient (Wildman–Crippen LogP) is 4.24. The summed E-state index contributed by atoms with van der Waals surface area (Å²) in [5, 5.41) is 0. The van der Waals surface area contributed by atoms with Crippen LogP contribution in [0.5, 0.6) is 0 Å². The Labute approximate surface area is 119 Å². The van der Waals surface area contributed by atoms with Crippen LogP contribution in [0.3, 0.4) is 0 Å². The zero-order valence-corrected chi connectivity index (χ0v) is 13.3. The molecule has 0 aliphatic carbocycles. The summed E-state index contributed by atoms with van der Waals surface area (Å²) in [6.07, 6.45) is 10.8. The van der Waals surface area contributed by atoms with Crippen molar-refractivity contribution in [1.82, 2.24) is 4.90 Å². The van der Waals surface area contributed by atoms with Crippen molar-refractivity contribution in [3.8, 4) is 0 Å². The summed E-state index contributed by atoms with van der Waals surface area (Å²) in [5.41, 5.74) is 0.0763. The van der Waals surface area contributed by atoms with Crippen molar-refractivity contribution in [3.63, 3.8) is 0 Å². The standard InChI is InChI=1S/C17H33NO/c1-4-5-11-17(2,3)19-14-15-9-8-13-18-12-7-6-10-16(15)18/h15-16H,4-14H2,1-3H3/t15-,16+/m0/s1. The number of hydrogen-bond acceptors (Lipinski definition) is 2. The first-order valence-electron chi connectivity index (χ1n) is 8.50. The number of nitrogens with zero attached hydrogens (tertiary/aromatic N) is 1. The smallest absolute Gasteiger partial charge is 0.0626 e. The number of unbranched alkanes of at least 4 members (excludes halogenated alkanes) is 1. The lowest BCUT2D eigenvalue weighted by Gasteiger charge is -2.45. The number of hydrogen-bond donors (Lipinski definition) is 0. The Morgan fingerprint density at radius 3 is 2.68 bits per heavy atom. The van der Waals surface area contributed by atoms with E-state index in [1.807, 2.05) is 0 Å². The van der Waals surface area contributed by atoms with Gasteiger partial charge in [0.2, 0.25) is 0 Å². The van der Waals surface area contributed by atoms with Crippen LogP contribution in [0.25, 0.3) is 0 Å². The summed E-state index contributed by atoms with van der Waals surface area (Å²) in [7, 11) is 0. The summed E-state index contributed by atoms with van der Waals surface area (Å²) in [6, 6.07) is 0.824. The molecule has 19 heavy (non-hydrogen) atoms. The molecule has 0 radical (unpaired) electrons. The van der Waals surface area contributed by atoms with E-state index in [1.54, 1.807) is 0 Å². The molecule has 112 valence electrons. The Bertz CT molecular complexity index is 262. The van der Waals surface area contributed by atoms with Gasteiger partial charge in [-0.1, -0.05) is 26.2 Å². The molecule has 2 heteroatoms. The average molecular weight is 267 g/mol. The Kier molecular flexibility index (Phi) is 5.70. The lowest BCUT2D eigenvalue weighted by molar-refractivity contribution is -0.0699. The molecule has 0 amide bonds. The summed E-state index contributed by atoms with van der Waals surface area (Å²) in [5.74, 6) is 0.787. The van der Waals surface area contributed by atoms with Gasteiger partial charge < -0.3 is 9.64 Å². The van der Waals surface area contributed by atoms with E-state index in [1.165, 1.54) is 64.5 Å². The highest BCUT2D eigenvalue weighted by atomic mass is 16.5. The minimum atomic E-state index is 0.0763. The van der Waals surface area contributed by atoms with Gasteiger partial charge in [0.15, 0.2) is 0 Å². The maximum absolute atomic E-state index is 6.29. The van der Waals surface area contributed by atoms with Crippen molar-refractivity contribution in [3.05, 3.63) is 0 Å². The highest BCUT2D eigenvalue weighted by Gasteiger charge is 2.34. The fourth-order valence-corrected chi connectivity index (χ4v) is 3.78. The Morgan fingerprint density at radius 1 is 1.11 bits per heavy atom. The highest BCUT2D eigenvalue weighted by molar-refractivity contribution is 4.87. The second-order valence-electron chi connectivity index (χ2n) is 7.18. The third kappa shape index (κ3) is 4.46. The number of fused-ring (bicyclic) bond motifs is 1. The van der Waals surface area contributed by atoms with Gasteiger partial charge in [-0.3, -0.25) is 0 Å². The Balaban J connectivity index is 1.80. The van der Waals surface area contributed by atoms with E-state index in [-0.39, 0.29) is 5.60 Å². The van der Waals surface area contributed by atoms with E-state index in [0.717, 1.165) is 18.6 Å². The lowest BCUT2D eigenvalue weighted by Crippen LogP contribution is -2.49. The molecule has 0 spiro atoms. The van der Waals surface area contributed by atoms with Crippen LogP contribution in [0.4, 0.5) is 0 Å². The van der Waals surface area contributed by atoms with Crippen LogP contribution in [0.15, 0.2) is 0 Å². The largest absolute Gasteiger partial charge is 0.375 e. The number of ether oxygens (including phenoxy) is 1. The molecule has 2 nitrogen and oxygen atoms in total. The zero-order chi connectivity index (χ0) is 13.7. The first kappa shape index (κ1) is 15.3. The van der Waals surface area contributed by atoms with Crippen LogP contribution >= 0.6 is 0 Å². The van der Waals surface area contributed by atoms with Gasteiger partial charge in [0.25, 0.3) is 0 Å². The van der Waals surface area contributed by atoms with E-state index in [2.05, 4.69) is 25.7 Å². The van der Waals surface area contributed by atoms with Crippen LogP contribution in [0.2, 0.25) is 0 Å². The van der Waals surface area contributed by atoms with E-state index in [0.29, 0.717) is 0 Å². The number of piperidine rings is 2. The molecular weight excluding hydrogens is 234 g/mol. The molecule has 2 saturated heterocycles. The van der Waals surface area contributed by atoms with Crippen molar-refractivity contribution >= 4 is 0 Å². The van der Waals surface area contributed by atoms with E-state index < -0.39 is 0 Å². The molecule has 0 N–H and O–H groups in total. The molecule has 0 aromatic carbocycles. The second kappa shape index (κ2) is 7.08. The van der Waals surface area contributed by atoms with Gasteiger partial charge in [-0.25, -0.2) is 0 Å². The molecule has 2 fully saturated rings. The van der Waals surface area contributed by atoms with Gasteiger partial charge in [0, 0.05) is 6.04 Å². The molecule has 0 aromatic heterocycles. The van der Waals surface area contributed by atoms with Gasteiger partial charge in [0.05, 0.1) is 12.2 Å². The van der Waals surface area contributed by atoms with Gasteiger partial charge >= 0.3 is 0 Å². The predicted molar refractivity (Wildman–Crippen MR) is 81.5 cm³/mol. The quantitative estimate of drug-likeness (QED) is 0.714. The van der Waals surface area contributed by atoms with Crippen molar-refractivity contribution < 1.29 is 4.74 Å². The molecule has 2 atom stereocenters. The van der Waals surface area contributed by atoms with E-state index in [9.17, 15) is 0 Å². The average Bonchev–Trinajstić information content (AvgIpc) is 2.43. The van der Waals surface area contributed by atoms with Crippen LogP contribution in [0.1, 0.15) is 72.1 Å². The van der Waals surface area contributed by atoms with Gasteiger partial charge in [-0.15, -0.1) is 0 Å². The molecule has 0 saturated carbocycles.